The number of hydrogen-bond acceptors (Lipinski definition) is 3. The lowest BCUT2D eigenvalue weighted by Gasteiger charge is -2.20. The molecule has 3 rings (SSSR count). The Balaban J connectivity index is 2.35. The molecule has 2 atom stereocenters. The Morgan fingerprint density at radius 2 is 1.70 bits per heavy atom. The molecule has 1 fully saturated rings. The predicted octanol–water partition coefficient (Wildman–Crippen LogP) is 5.83. The van der Waals surface area contributed by atoms with E-state index in [1.807, 2.05) is 12.2 Å². The number of nitrogens with one attached hydrogen (secondary N) is 2. The van der Waals surface area contributed by atoms with Crippen LogP contribution in [0.3, 0.4) is 0 Å². The molecule has 1 aromatic heterocycles. The number of allylic oxidation sites excluding steroid dienone is 5. The summed E-state index contributed by atoms with van der Waals surface area (Å²) in [6, 6.07) is 4.50. The Morgan fingerprint density at radius 1 is 1.06 bits per heavy atom. The van der Waals surface area contributed by atoms with Gasteiger partial charge in [0.1, 0.15) is 12.3 Å². The Morgan fingerprint density at radius 3 is 2.24 bits per heavy atom. The lowest BCUT2D eigenvalue weighted by Crippen LogP contribution is -2.20. The number of benzene rings is 1. The first-order chi connectivity index (χ1) is 15.4. The largest absolute Gasteiger partial charge is 0.382 e. The molecule has 0 bridgehead atoms. The number of aliphatic hydroxyl groups excluding tert-OH is 2. The second kappa shape index (κ2) is 9.58. The molecular formula is C29H38N2O2. The van der Waals surface area contributed by atoms with Gasteiger partial charge in [0.2, 0.25) is 0 Å². The molecule has 0 saturated carbocycles. The van der Waals surface area contributed by atoms with Crippen LogP contribution in [0, 0.1) is 0 Å². The molecule has 2 aromatic rings. The van der Waals surface area contributed by atoms with E-state index in [1.165, 1.54) is 22.3 Å². The third kappa shape index (κ3) is 5.23. The fourth-order valence-corrected chi connectivity index (χ4v) is 4.14. The molecule has 4 heteroatoms. The monoisotopic (exact) mass is 446 g/mol. The van der Waals surface area contributed by atoms with Crippen LogP contribution in [0.1, 0.15) is 63.9 Å². The van der Waals surface area contributed by atoms with Crippen molar-refractivity contribution in [3.63, 3.8) is 0 Å². The van der Waals surface area contributed by atoms with E-state index in [2.05, 4.69) is 89.3 Å². The summed E-state index contributed by atoms with van der Waals surface area (Å²) in [7, 11) is 0. The number of fused-ring (bicyclic) bond motifs is 1. The molecule has 4 N–H and O–H groups in total. The molecule has 0 aliphatic carbocycles. The molecule has 1 aliphatic heterocycles. The highest BCUT2D eigenvalue weighted by Gasteiger charge is 2.32. The van der Waals surface area contributed by atoms with Gasteiger partial charge >= 0.3 is 0 Å². The van der Waals surface area contributed by atoms with E-state index in [1.54, 1.807) is 0 Å². The molecule has 2 heterocycles. The Labute approximate surface area is 198 Å². The summed E-state index contributed by atoms with van der Waals surface area (Å²) < 4.78 is 0. The number of aromatic amines is 1. The van der Waals surface area contributed by atoms with Gasteiger partial charge in [-0.05, 0) is 63.8 Å². The highest BCUT2D eigenvalue weighted by molar-refractivity contribution is 5.94. The van der Waals surface area contributed by atoms with Gasteiger partial charge < -0.3 is 20.5 Å². The number of aliphatic hydroxyl groups is 2. The van der Waals surface area contributed by atoms with E-state index in [0.717, 1.165) is 35.0 Å². The SMILES string of the molecule is C=CC(C)(C)c1[nH]c2c(CC=C(C)C)cc(CC=C(C)C)cc2c1C=C1C(O)NC(=C)C1O. The van der Waals surface area contributed by atoms with Crippen molar-refractivity contribution in [2.75, 3.05) is 0 Å². The van der Waals surface area contributed by atoms with Gasteiger partial charge in [-0.1, -0.05) is 55.9 Å². The summed E-state index contributed by atoms with van der Waals surface area (Å²) in [5.41, 5.74) is 8.66. The second-order valence-corrected chi connectivity index (χ2v) is 10.1. The van der Waals surface area contributed by atoms with Crippen LogP contribution in [0.5, 0.6) is 0 Å². The fraction of sp³-hybridized carbons (Fsp3) is 0.379. The van der Waals surface area contributed by atoms with Crippen molar-refractivity contribution in [1.29, 1.82) is 0 Å². The minimum absolute atomic E-state index is 0.335. The van der Waals surface area contributed by atoms with Gasteiger partial charge in [0, 0.05) is 38.8 Å². The smallest absolute Gasteiger partial charge is 0.149 e. The number of H-pyrrole nitrogens is 1. The quantitative estimate of drug-likeness (QED) is 0.405. The Bertz CT molecular complexity index is 1170. The van der Waals surface area contributed by atoms with Crippen LogP contribution < -0.4 is 5.32 Å². The minimum atomic E-state index is -0.962. The van der Waals surface area contributed by atoms with Gasteiger partial charge in [-0.3, -0.25) is 0 Å². The normalized spacial score (nSPS) is 19.6. The minimum Gasteiger partial charge on any atom is -0.382 e. The zero-order chi connectivity index (χ0) is 24.5. The molecule has 0 radical (unpaired) electrons. The van der Waals surface area contributed by atoms with Crippen molar-refractivity contribution in [2.24, 2.45) is 0 Å². The van der Waals surface area contributed by atoms with Crippen LogP contribution in [0.15, 0.2) is 65.9 Å². The first-order valence-electron chi connectivity index (χ1n) is 11.6. The standard InChI is InChI=1S/C29H38N2O2/c1-9-29(7,8)27-23(16-24-26(32)19(6)30-28(24)33)22-15-20(12-10-17(2)3)14-21(25(22)31-27)13-11-18(4)5/h9-11,14-16,26,28,30-33H,1,6,12-13H2,2-5,7-8H3. The zero-order valence-electron chi connectivity index (χ0n) is 20.8. The summed E-state index contributed by atoms with van der Waals surface area (Å²) in [5.74, 6) is 0. The van der Waals surface area contributed by atoms with Crippen molar-refractivity contribution >= 4 is 17.0 Å². The maximum Gasteiger partial charge on any atom is 0.149 e. The number of aromatic nitrogens is 1. The third-order valence-electron chi connectivity index (χ3n) is 6.31. The molecule has 33 heavy (non-hydrogen) atoms. The maximum atomic E-state index is 10.6. The molecule has 0 spiro atoms. The summed E-state index contributed by atoms with van der Waals surface area (Å²) in [4.78, 5) is 3.69. The lowest BCUT2D eigenvalue weighted by atomic mass is 9.85. The fourth-order valence-electron chi connectivity index (χ4n) is 4.14. The average molecular weight is 447 g/mol. The lowest BCUT2D eigenvalue weighted by molar-refractivity contribution is 0.190. The number of hydrogen-bond donors (Lipinski definition) is 4. The zero-order valence-corrected chi connectivity index (χ0v) is 20.8. The molecule has 1 aromatic carbocycles. The van der Waals surface area contributed by atoms with Crippen LogP contribution >= 0.6 is 0 Å². The van der Waals surface area contributed by atoms with Gasteiger partial charge in [0.25, 0.3) is 0 Å². The number of rotatable bonds is 7. The van der Waals surface area contributed by atoms with E-state index in [9.17, 15) is 10.2 Å². The Hall–Kier alpha value is -2.82. The molecule has 2 unspecified atom stereocenters. The topological polar surface area (TPSA) is 68.3 Å². The van der Waals surface area contributed by atoms with Crippen molar-refractivity contribution in [3.05, 3.63) is 88.3 Å². The van der Waals surface area contributed by atoms with Crippen molar-refractivity contribution in [2.45, 2.75) is 72.1 Å². The third-order valence-corrected chi connectivity index (χ3v) is 6.31. The Kier molecular flexibility index (Phi) is 7.20. The van der Waals surface area contributed by atoms with Crippen LogP contribution in [0.4, 0.5) is 0 Å². The molecule has 0 amide bonds. The summed E-state index contributed by atoms with van der Waals surface area (Å²) in [6.07, 6.45) is 8.12. The van der Waals surface area contributed by atoms with E-state index < -0.39 is 12.3 Å². The first kappa shape index (κ1) is 24.8. The van der Waals surface area contributed by atoms with E-state index in [0.29, 0.717) is 11.3 Å². The first-order valence-corrected chi connectivity index (χ1v) is 11.6. The molecule has 176 valence electrons. The van der Waals surface area contributed by atoms with E-state index in [-0.39, 0.29) is 5.41 Å². The van der Waals surface area contributed by atoms with Crippen molar-refractivity contribution in [1.82, 2.24) is 10.3 Å². The molecule has 4 nitrogen and oxygen atoms in total. The van der Waals surface area contributed by atoms with Crippen molar-refractivity contribution < 1.29 is 10.2 Å². The van der Waals surface area contributed by atoms with Gasteiger partial charge in [0.15, 0.2) is 0 Å². The van der Waals surface area contributed by atoms with E-state index in [4.69, 9.17) is 0 Å². The summed E-state index contributed by atoms with van der Waals surface area (Å²) in [6.45, 7) is 20.6. The van der Waals surface area contributed by atoms with E-state index >= 15 is 0 Å². The summed E-state index contributed by atoms with van der Waals surface area (Å²) in [5, 5.41) is 25.0. The molecule has 1 saturated heterocycles. The maximum absolute atomic E-state index is 10.6. The van der Waals surface area contributed by atoms with Gasteiger partial charge in [-0.2, -0.15) is 0 Å². The summed E-state index contributed by atoms with van der Waals surface area (Å²) >= 11 is 0. The highest BCUT2D eigenvalue weighted by Crippen LogP contribution is 2.37. The van der Waals surface area contributed by atoms with Crippen molar-refractivity contribution in [3.8, 4) is 0 Å². The van der Waals surface area contributed by atoms with Gasteiger partial charge in [-0.15, -0.1) is 6.58 Å². The van der Waals surface area contributed by atoms with Crippen LogP contribution in [-0.4, -0.2) is 27.5 Å². The van der Waals surface area contributed by atoms with Crippen LogP contribution in [0.25, 0.3) is 17.0 Å². The highest BCUT2D eigenvalue weighted by atomic mass is 16.3. The van der Waals surface area contributed by atoms with Crippen LogP contribution in [-0.2, 0) is 18.3 Å². The van der Waals surface area contributed by atoms with Crippen LogP contribution in [0.2, 0.25) is 0 Å². The second-order valence-electron chi connectivity index (χ2n) is 10.1. The van der Waals surface area contributed by atoms with Gasteiger partial charge in [0.05, 0.1) is 0 Å². The molecule has 1 aliphatic rings. The average Bonchev–Trinajstić information content (AvgIpc) is 3.23. The molecular weight excluding hydrogens is 408 g/mol. The predicted molar refractivity (Wildman–Crippen MR) is 140 cm³/mol. The van der Waals surface area contributed by atoms with Gasteiger partial charge in [-0.25, -0.2) is 0 Å².